The molecular formula is C28H38FN5O2. The molecule has 194 valence electrons. The van der Waals surface area contributed by atoms with Crippen molar-refractivity contribution in [3.63, 3.8) is 0 Å². The molecule has 7 nitrogen and oxygen atoms in total. The van der Waals surface area contributed by atoms with Gasteiger partial charge in [0, 0.05) is 49.2 Å². The Hall–Kier alpha value is -3.81. The number of benzene rings is 1. The first-order chi connectivity index (χ1) is 17.3. The Morgan fingerprint density at radius 1 is 1.11 bits per heavy atom. The number of hydrogen-bond donors (Lipinski definition) is 1. The number of rotatable bonds is 5. The third-order valence-electron chi connectivity index (χ3n) is 5.09. The van der Waals surface area contributed by atoms with Gasteiger partial charge in [-0.1, -0.05) is 58.0 Å². The highest BCUT2D eigenvalue weighted by Gasteiger charge is 2.32. The smallest absolute Gasteiger partial charge is 0.258 e. The summed E-state index contributed by atoms with van der Waals surface area (Å²) in [5.74, 6) is -0.189. The van der Waals surface area contributed by atoms with Crippen molar-refractivity contribution in [1.29, 1.82) is 0 Å². The van der Waals surface area contributed by atoms with Crippen LogP contribution in [-0.2, 0) is 16.1 Å². The number of halogens is 1. The Bertz CT molecular complexity index is 1110. The van der Waals surface area contributed by atoms with Gasteiger partial charge in [-0.05, 0) is 37.1 Å². The van der Waals surface area contributed by atoms with Crippen molar-refractivity contribution < 1.29 is 14.0 Å². The molecule has 3 heterocycles. The summed E-state index contributed by atoms with van der Waals surface area (Å²) in [7, 11) is 1.65. The molecule has 0 fully saturated rings. The summed E-state index contributed by atoms with van der Waals surface area (Å²) in [6, 6.07) is 14.4. The number of carbonyl (C=O) groups is 2. The van der Waals surface area contributed by atoms with E-state index in [0.29, 0.717) is 17.9 Å². The standard InChI is InChI=1S/C12H18N4O.C11H8FN.C3H6O.C2H6/c1-4-5-16-7-9(6-8(16)2)10-11(17)15(3)12(13)14-10;12-11-10(7-4-8-13-11)9-5-2-1-3-6-9;1-2-3-4;1-2/h6-7,10H,4-5H2,1-3H3,(H2,13,14);1-8H;3H,2H2,1H3;1-2H3. The molecule has 0 aliphatic carbocycles. The molecule has 1 atom stereocenters. The second kappa shape index (κ2) is 16.0. The topological polar surface area (TPSA) is 93.6 Å². The quantitative estimate of drug-likeness (QED) is 0.371. The zero-order valence-corrected chi connectivity index (χ0v) is 22.1. The van der Waals surface area contributed by atoms with Crippen LogP contribution in [0.25, 0.3) is 11.1 Å². The number of aldehydes is 1. The molecule has 4 rings (SSSR count). The van der Waals surface area contributed by atoms with E-state index in [0.717, 1.165) is 36.1 Å². The van der Waals surface area contributed by atoms with Crippen molar-refractivity contribution in [3.8, 4) is 11.1 Å². The molecule has 1 aromatic carbocycles. The highest BCUT2D eigenvalue weighted by atomic mass is 19.1. The number of carbonyl (C=O) groups excluding carboxylic acids is 2. The number of aliphatic imine (C=N–C) groups is 1. The summed E-state index contributed by atoms with van der Waals surface area (Å²) in [6.07, 6.45) is 6.03. The minimum absolute atomic E-state index is 0.0591. The normalized spacial score (nSPS) is 13.9. The molecule has 0 spiro atoms. The Morgan fingerprint density at radius 2 is 1.75 bits per heavy atom. The van der Waals surface area contributed by atoms with Crippen LogP contribution in [0.3, 0.4) is 0 Å². The van der Waals surface area contributed by atoms with Gasteiger partial charge in [-0.15, -0.1) is 0 Å². The van der Waals surface area contributed by atoms with Gasteiger partial charge in [0.25, 0.3) is 5.91 Å². The molecule has 2 N–H and O–H groups in total. The SMILES string of the molecule is CC.CCC=O.CCCn1cc(C2N=C(N)N(C)C2=O)cc1C.Fc1ncccc1-c1ccccc1. The maximum atomic E-state index is 13.2. The van der Waals surface area contributed by atoms with Gasteiger partial charge < -0.3 is 15.1 Å². The fourth-order valence-corrected chi connectivity index (χ4v) is 3.28. The van der Waals surface area contributed by atoms with Crippen molar-refractivity contribution in [2.75, 3.05) is 7.05 Å². The largest absolute Gasteiger partial charge is 0.369 e. The van der Waals surface area contributed by atoms with Gasteiger partial charge in [0.1, 0.15) is 6.29 Å². The molecule has 2 aromatic heterocycles. The number of hydrogen-bond acceptors (Lipinski definition) is 5. The number of aromatic nitrogens is 2. The molecule has 1 amide bonds. The number of aryl methyl sites for hydroxylation is 2. The molecule has 0 bridgehead atoms. The van der Waals surface area contributed by atoms with Gasteiger partial charge in [-0.3, -0.25) is 9.69 Å². The second-order valence-electron chi connectivity index (χ2n) is 7.68. The first kappa shape index (κ1) is 30.2. The Kier molecular flexibility index (Phi) is 13.4. The highest BCUT2D eigenvalue weighted by Crippen LogP contribution is 2.26. The van der Waals surface area contributed by atoms with Crippen LogP contribution in [0.1, 0.15) is 57.8 Å². The summed E-state index contributed by atoms with van der Waals surface area (Å²) in [4.78, 5) is 30.3. The zero-order valence-electron chi connectivity index (χ0n) is 22.1. The third-order valence-corrected chi connectivity index (χ3v) is 5.09. The van der Waals surface area contributed by atoms with E-state index in [9.17, 15) is 14.0 Å². The first-order valence-corrected chi connectivity index (χ1v) is 12.2. The second-order valence-corrected chi connectivity index (χ2v) is 7.68. The van der Waals surface area contributed by atoms with Crippen LogP contribution < -0.4 is 5.73 Å². The molecule has 1 aliphatic heterocycles. The van der Waals surface area contributed by atoms with Crippen molar-refractivity contribution >= 4 is 18.2 Å². The average Bonchev–Trinajstić information content (AvgIpc) is 3.40. The fraction of sp³-hybridized carbons (Fsp3) is 0.357. The van der Waals surface area contributed by atoms with E-state index in [1.807, 2.05) is 70.3 Å². The van der Waals surface area contributed by atoms with Crippen LogP contribution >= 0.6 is 0 Å². The zero-order chi connectivity index (χ0) is 27.1. The number of pyridine rings is 1. The van der Waals surface area contributed by atoms with Crippen LogP contribution in [0.4, 0.5) is 4.39 Å². The highest BCUT2D eigenvalue weighted by molar-refractivity contribution is 6.04. The van der Waals surface area contributed by atoms with Crippen LogP contribution in [0, 0.1) is 12.9 Å². The molecule has 8 heteroatoms. The maximum absolute atomic E-state index is 13.2. The van der Waals surface area contributed by atoms with Crippen molar-refractivity contribution in [2.24, 2.45) is 10.7 Å². The minimum atomic E-state index is -0.461. The fourth-order valence-electron chi connectivity index (χ4n) is 3.28. The number of nitrogens with two attached hydrogens (primary N) is 1. The summed E-state index contributed by atoms with van der Waals surface area (Å²) < 4.78 is 15.3. The molecule has 0 saturated carbocycles. The Balaban J connectivity index is 0.000000302. The number of guanidine groups is 1. The van der Waals surface area contributed by atoms with Gasteiger partial charge in [0.15, 0.2) is 12.0 Å². The predicted molar refractivity (Wildman–Crippen MR) is 144 cm³/mol. The Morgan fingerprint density at radius 3 is 2.25 bits per heavy atom. The van der Waals surface area contributed by atoms with Crippen molar-refractivity contribution in [3.05, 3.63) is 78.1 Å². The molecule has 0 radical (unpaired) electrons. The molecule has 36 heavy (non-hydrogen) atoms. The van der Waals surface area contributed by atoms with E-state index in [1.54, 1.807) is 19.2 Å². The van der Waals surface area contributed by atoms with Gasteiger partial charge in [-0.2, -0.15) is 4.39 Å². The summed E-state index contributed by atoms with van der Waals surface area (Å²) in [5, 5.41) is 0. The first-order valence-electron chi connectivity index (χ1n) is 12.2. The van der Waals surface area contributed by atoms with Gasteiger partial charge >= 0.3 is 0 Å². The van der Waals surface area contributed by atoms with Crippen LogP contribution in [0.15, 0.2) is 65.9 Å². The Labute approximate surface area is 213 Å². The van der Waals surface area contributed by atoms with E-state index in [2.05, 4.69) is 21.5 Å². The van der Waals surface area contributed by atoms with Gasteiger partial charge in [-0.25, -0.2) is 9.98 Å². The van der Waals surface area contributed by atoms with Gasteiger partial charge in [0.2, 0.25) is 5.95 Å². The average molecular weight is 496 g/mol. The maximum Gasteiger partial charge on any atom is 0.258 e. The molecule has 3 aromatic rings. The van der Waals surface area contributed by atoms with E-state index in [-0.39, 0.29) is 5.91 Å². The lowest BCUT2D eigenvalue weighted by Gasteiger charge is -2.08. The van der Waals surface area contributed by atoms with E-state index >= 15 is 0 Å². The number of nitrogens with zero attached hydrogens (tertiary/aromatic N) is 4. The lowest BCUT2D eigenvalue weighted by atomic mass is 10.1. The van der Waals surface area contributed by atoms with E-state index in [4.69, 9.17) is 5.73 Å². The lowest BCUT2D eigenvalue weighted by molar-refractivity contribution is -0.126. The lowest BCUT2D eigenvalue weighted by Crippen LogP contribution is -2.34. The van der Waals surface area contributed by atoms with Crippen LogP contribution in [-0.4, -0.2) is 39.7 Å². The number of likely N-dealkylation sites (N-methyl/N-ethyl adjacent to an activating group) is 1. The van der Waals surface area contributed by atoms with Gasteiger partial charge in [0.05, 0.1) is 0 Å². The number of amides is 1. The predicted octanol–water partition coefficient (Wildman–Crippen LogP) is 5.54. The molecular weight excluding hydrogens is 457 g/mol. The molecule has 1 unspecified atom stereocenters. The molecule has 1 aliphatic rings. The van der Waals surface area contributed by atoms with E-state index < -0.39 is 12.0 Å². The van der Waals surface area contributed by atoms with Crippen LogP contribution in [0.2, 0.25) is 0 Å². The van der Waals surface area contributed by atoms with Crippen molar-refractivity contribution in [2.45, 2.75) is 60.0 Å². The summed E-state index contributed by atoms with van der Waals surface area (Å²) in [5.41, 5.74) is 9.12. The monoisotopic (exact) mass is 495 g/mol. The van der Waals surface area contributed by atoms with Crippen LogP contribution in [0.5, 0.6) is 0 Å². The minimum Gasteiger partial charge on any atom is -0.369 e. The molecule has 0 saturated heterocycles. The summed E-state index contributed by atoms with van der Waals surface area (Å²) >= 11 is 0. The van der Waals surface area contributed by atoms with E-state index in [1.165, 1.54) is 11.1 Å². The third kappa shape index (κ3) is 8.45. The van der Waals surface area contributed by atoms with Crippen molar-refractivity contribution in [1.82, 2.24) is 14.5 Å². The summed E-state index contributed by atoms with van der Waals surface area (Å²) in [6.45, 7) is 10.9.